The van der Waals surface area contributed by atoms with E-state index in [0.29, 0.717) is 24.3 Å². The van der Waals surface area contributed by atoms with Crippen LogP contribution in [-0.2, 0) is 27.4 Å². The molecule has 0 radical (unpaired) electrons. The van der Waals surface area contributed by atoms with Crippen molar-refractivity contribution in [3.63, 3.8) is 0 Å². The van der Waals surface area contributed by atoms with Crippen molar-refractivity contribution in [3.8, 4) is 11.1 Å². The van der Waals surface area contributed by atoms with Gasteiger partial charge in [0, 0.05) is 54.6 Å². The maximum Gasteiger partial charge on any atom is 0.337 e. The highest BCUT2D eigenvalue weighted by molar-refractivity contribution is 5.88. The van der Waals surface area contributed by atoms with E-state index < -0.39 is 17.7 Å². The van der Waals surface area contributed by atoms with Crippen LogP contribution in [0.2, 0.25) is 0 Å². The van der Waals surface area contributed by atoms with E-state index >= 15 is 0 Å². The summed E-state index contributed by atoms with van der Waals surface area (Å²) in [6.07, 6.45) is 3.69. The number of amides is 1. The molecular weight excluding hydrogens is 593 g/mol. The second-order valence-electron chi connectivity index (χ2n) is 15.2. The first-order valence-corrected chi connectivity index (χ1v) is 16.9. The third-order valence-corrected chi connectivity index (χ3v) is 9.64. The van der Waals surface area contributed by atoms with Gasteiger partial charge in [-0.1, -0.05) is 56.7 Å². The molecule has 5 rings (SSSR count). The van der Waals surface area contributed by atoms with Crippen molar-refractivity contribution in [2.45, 2.75) is 105 Å². The lowest BCUT2D eigenvalue weighted by Gasteiger charge is -2.41. The summed E-state index contributed by atoms with van der Waals surface area (Å²) in [5.41, 5.74) is 6.24. The summed E-state index contributed by atoms with van der Waals surface area (Å²) in [4.78, 5) is 35.4. The van der Waals surface area contributed by atoms with Crippen molar-refractivity contribution in [2.24, 2.45) is 11.3 Å². The number of ether oxygens (including phenoxy) is 1. The molecule has 252 valence electrons. The van der Waals surface area contributed by atoms with Crippen LogP contribution in [0.1, 0.15) is 101 Å². The summed E-state index contributed by atoms with van der Waals surface area (Å²) in [7, 11) is 0. The smallest absolute Gasteiger partial charge is 0.337 e. The average molecular weight is 644 g/mol. The van der Waals surface area contributed by atoms with Crippen molar-refractivity contribution in [1.82, 2.24) is 9.88 Å². The lowest BCUT2D eigenvalue weighted by atomic mass is 9.81. The maximum atomic E-state index is 13.6. The van der Waals surface area contributed by atoms with E-state index in [4.69, 9.17) is 9.72 Å². The number of piperidine rings is 1. The molecule has 2 heterocycles. The lowest BCUT2D eigenvalue weighted by Crippen LogP contribution is -2.39. The van der Waals surface area contributed by atoms with Gasteiger partial charge in [0.2, 0.25) is 5.91 Å². The fourth-order valence-electron chi connectivity index (χ4n) is 6.69. The molecule has 1 saturated heterocycles. The molecule has 1 amide bonds. The summed E-state index contributed by atoms with van der Waals surface area (Å²) in [5, 5.41) is 10.5. The Balaban J connectivity index is 1.53. The van der Waals surface area contributed by atoms with Crippen molar-refractivity contribution in [3.05, 3.63) is 82.4 Å². The quantitative estimate of drug-likeness (QED) is 0.239. The van der Waals surface area contributed by atoms with E-state index in [-0.39, 0.29) is 23.1 Å². The number of carboxylic acids is 1. The Morgan fingerprint density at radius 2 is 1.53 bits per heavy atom. The van der Waals surface area contributed by atoms with Crippen LogP contribution in [0.25, 0.3) is 11.1 Å². The number of nitrogens with zero attached hydrogens (tertiary/aromatic N) is 3. The Hall–Kier alpha value is -3.78. The van der Waals surface area contributed by atoms with Gasteiger partial charge >= 0.3 is 5.97 Å². The topological polar surface area (TPSA) is 83.0 Å². The summed E-state index contributed by atoms with van der Waals surface area (Å²) in [5.74, 6) is -1.14. The number of halogens is 1. The van der Waals surface area contributed by atoms with Crippen LogP contribution in [0.4, 0.5) is 10.1 Å². The molecule has 1 aliphatic carbocycles. The molecule has 2 aromatic carbocycles. The fourth-order valence-corrected chi connectivity index (χ4v) is 6.69. The van der Waals surface area contributed by atoms with Gasteiger partial charge in [0.1, 0.15) is 5.82 Å². The van der Waals surface area contributed by atoms with Gasteiger partial charge in [-0.2, -0.15) is 0 Å². The lowest BCUT2D eigenvalue weighted by molar-refractivity contribution is -0.160. The fraction of sp³-hybridized carbons (Fsp3) is 0.513. The minimum absolute atomic E-state index is 0.0454. The number of aromatic nitrogens is 1. The second kappa shape index (κ2) is 13.8. The Labute approximate surface area is 279 Å². The van der Waals surface area contributed by atoms with Crippen LogP contribution in [0, 0.1) is 31.0 Å². The van der Waals surface area contributed by atoms with Gasteiger partial charge in [-0.05, 0) is 94.5 Å². The molecule has 1 atom stereocenters. The molecule has 3 aromatic rings. The molecule has 1 unspecified atom stereocenters. The molecule has 1 aliphatic heterocycles. The van der Waals surface area contributed by atoms with Crippen LogP contribution >= 0.6 is 0 Å². The molecule has 1 saturated carbocycles. The molecular formula is C39H50FN3O4. The predicted molar refractivity (Wildman–Crippen MR) is 184 cm³/mol. The molecule has 7 nitrogen and oxygen atoms in total. The highest BCUT2D eigenvalue weighted by Crippen LogP contribution is 2.45. The van der Waals surface area contributed by atoms with Crippen LogP contribution < -0.4 is 4.90 Å². The number of carbonyl (C=O) groups is 2. The molecule has 8 heteroatoms. The maximum absolute atomic E-state index is 13.6. The van der Waals surface area contributed by atoms with E-state index in [2.05, 4.69) is 30.9 Å². The van der Waals surface area contributed by atoms with E-state index in [9.17, 15) is 19.1 Å². The summed E-state index contributed by atoms with van der Waals surface area (Å²) < 4.78 is 19.8. The van der Waals surface area contributed by atoms with Crippen molar-refractivity contribution >= 4 is 17.6 Å². The number of hydrogen-bond acceptors (Lipinski definition) is 5. The van der Waals surface area contributed by atoms with Gasteiger partial charge in [-0.15, -0.1) is 0 Å². The highest BCUT2D eigenvalue weighted by atomic mass is 19.1. The molecule has 0 bridgehead atoms. The number of aryl methyl sites for hydroxylation is 2. The predicted octanol–water partition coefficient (Wildman–Crippen LogP) is 8.40. The van der Waals surface area contributed by atoms with Crippen LogP contribution in [-0.4, -0.2) is 45.6 Å². The zero-order chi connectivity index (χ0) is 34.1. The number of carboxylic acid groups (broad SMARTS) is 1. The van der Waals surface area contributed by atoms with Gasteiger partial charge < -0.3 is 19.6 Å². The van der Waals surface area contributed by atoms with Gasteiger partial charge in [0.05, 0.1) is 11.3 Å². The van der Waals surface area contributed by atoms with Gasteiger partial charge in [0.25, 0.3) is 0 Å². The number of rotatable bonds is 10. The Bertz CT molecular complexity index is 1580. The number of carbonyl (C=O) groups excluding carboxylic acids is 1. The zero-order valence-electron chi connectivity index (χ0n) is 29.0. The molecule has 0 spiro atoms. The standard InChI is InChI=1S/C39H50FN3O4/c1-25-32(34(42-21-19-39(6,7)20-22-42)33(26(2)41-25)35(37(45)46)47-38(3,4)5)29-15-11-27(12-16-29)23-43(36(44)30-9-8-10-30)24-28-13-17-31(40)18-14-28/h11-18,30,35H,8-10,19-24H2,1-7H3,(H,45,46). The summed E-state index contributed by atoms with van der Waals surface area (Å²) >= 11 is 0. The largest absolute Gasteiger partial charge is 0.479 e. The molecule has 1 aromatic heterocycles. The molecule has 1 N–H and O–H groups in total. The number of hydrogen-bond donors (Lipinski definition) is 1. The zero-order valence-corrected chi connectivity index (χ0v) is 29.0. The summed E-state index contributed by atoms with van der Waals surface area (Å²) in [6.45, 7) is 16.5. The van der Waals surface area contributed by atoms with Crippen molar-refractivity contribution in [2.75, 3.05) is 18.0 Å². The van der Waals surface area contributed by atoms with Crippen LogP contribution in [0.5, 0.6) is 0 Å². The normalized spacial score (nSPS) is 17.2. The van der Waals surface area contributed by atoms with Gasteiger partial charge in [-0.3, -0.25) is 9.78 Å². The average Bonchev–Trinajstić information content (AvgIpc) is 2.96. The second-order valence-corrected chi connectivity index (χ2v) is 15.2. The Morgan fingerprint density at radius 3 is 2.02 bits per heavy atom. The Kier molecular flexibility index (Phi) is 10.1. The highest BCUT2D eigenvalue weighted by Gasteiger charge is 2.36. The minimum atomic E-state index is -1.18. The number of benzene rings is 2. The van der Waals surface area contributed by atoms with E-state index in [1.54, 1.807) is 12.1 Å². The summed E-state index contributed by atoms with van der Waals surface area (Å²) in [6, 6.07) is 14.5. The van der Waals surface area contributed by atoms with E-state index in [1.165, 1.54) is 12.1 Å². The molecule has 2 fully saturated rings. The monoisotopic (exact) mass is 643 g/mol. The minimum Gasteiger partial charge on any atom is -0.479 e. The number of pyridine rings is 1. The SMILES string of the molecule is Cc1nc(C)c(C(OC(C)(C)C)C(=O)O)c(N2CCC(C)(C)CC2)c1-c1ccc(CN(Cc2ccc(F)cc2)C(=O)C2CCC2)cc1. The third kappa shape index (κ3) is 8.21. The van der Waals surface area contributed by atoms with Crippen molar-refractivity contribution in [1.29, 1.82) is 0 Å². The van der Waals surface area contributed by atoms with Crippen LogP contribution in [0.3, 0.4) is 0 Å². The van der Waals surface area contributed by atoms with E-state index in [0.717, 1.165) is 78.8 Å². The van der Waals surface area contributed by atoms with Gasteiger partial charge in [-0.25, -0.2) is 9.18 Å². The van der Waals surface area contributed by atoms with Gasteiger partial charge in [0.15, 0.2) is 6.10 Å². The van der Waals surface area contributed by atoms with E-state index in [1.807, 2.05) is 51.7 Å². The van der Waals surface area contributed by atoms with Crippen molar-refractivity contribution < 1.29 is 23.8 Å². The first-order valence-electron chi connectivity index (χ1n) is 16.9. The first-order chi connectivity index (χ1) is 22.1. The number of aliphatic carboxylic acids is 1. The third-order valence-electron chi connectivity index (χ3n) is 9.64. The Morgan fingerprint density at radius 1 is 0.979 bits per heavy atom. The van der Waals surface area contributed by atoms with Crippen LogP contribution in [0.15, 0.2) is 48.5 Å². The number of anilines is 1. The molecule has 47 heavy (non-hydrogen) atoms. The molecule has 2 aliphatic rings. The first kappa shape index (κ1) is 34.6.